The van der Waals surface area contributed by atoms with Crippen molar-refractivity contribution in [1.29, 1.82) is 0 Å². The summed E-state index contributed by atoms with van der Waals surface area (Å²) in [7, 11) is -3.03. The van der Waals surface area contributed by atoms with Crippen LogP contribution in [0.25, 0.3) is 0 Å². The molecule has 0 radical (unpaired) electrons. The molecule has 1 aromatic carbocycles. The summed E-state index contributed by atoms with van der Waals surface area (Å²) in [6.07, 6.45) is 1.85. The van der Waals surface area contributed by atoms with Crippen LogP contribution < -0.4 is 4.90 Å². The summed E-state index contributed by atoms with van der Waals surface area (Å²) in [5.41, 5.74) is 1.15. The van der Waals surface area contributed by atoms with Gasteiger partial charge in [0.1, 0.15) is 0 Å². The Labute approximate surface area is 152 Å². The fourth-order valence-electron chi connectivity index (χ4n) is 3.31. The van der Waals surface area contributed by atoms with Crippen LogP contribution in [0.5, 0.6) is 0 Å². The lowest BCUT2D eigenvalue weighted by atomic mass is 10.1. The molecule has 2 saturated heterocycles. The van der Waals surface area contributed by atoms with Crippen LogP contribution in [0.3, 0.4) is 0 Å². The van der Waals surface area contributed by atoms with Gasteiger partial charge in [0, 0.05) is 30.6 Å². The summed E-state index contributed by atoms with van der Waals surface area (Å²) >= 11 is 0. The highest BCUT2D eigenvalue weighted by molar-refractivity contribution is 7.91. The normalized spacial score (nSPS) is 21.8. The predicted octanol–water partition coefficient (Wildman–Crippen LogP) is 1.36. The number of ketones is 1. The molecule has 1 amide bonds. The van der Waals surface area contributed by atoms with Crippen LogP contribution in [-0.4, -0.2) is 50.7 Å². The lowest BCUT2D eigenvalue weighted by Crippen LogP contribution is -2.23. The minimum absolute atomic E-state index is 0.00668. The number of sulfone groups is 1. The third kappa shape index (κ3) is 4.49. The molecule has 3 rings (SSSR count). The van der Waals surface area contributed by atoms with Crippen LogP contribution >= 0.6 is 0 Å². The smallest absolute Gasteiger partial charge is 0.306 e. The Morgan fingerprint density at radius 3 is 2.50 bits per heavy atom. The Hall–Kier alpha value is -2.22. The number of hydrogen-bond acceptors (Lipinski definition) is 6. The number of anilines is 1. The van der Waals surface area contributed by atoms with Crippen LogP contribution in [-0.2, 0) is 24.2 Å². The van der Waals surface area contributed by atoms with E-state index in [0.717, 1.165) is 12.1 Å². The van der Waals surface area contributed by atoms with E-state index >= 15 is 0 Å². The van der Waals surface area contributed by atoms with E-state index in [1.165, 1.54) is 0 Å². The van der Waals surface area contributed by atoms with E-state index in [9.17, 15) is 22.8 Å². The van der Waals surface area contributed by atoms with Gasteiger partial charge in [-0.15, -0.1) is 0 Å². The molecular weight excluding hydrogens is 358 g/mol. The number of benzene rings is 1. The minimum Gasteiger partial charge on any atom is -0.457 e. The second-order valence-electron chi connectivity index (χ2n) is 6.75. The molecule has 140 valence electrons. The van der Waals surface area contributed by atoms with Crippen molar-refractivity contribution in [3.63, 3.8) is 0 Å². The zero-order valence-corrected chi connectivity index (χ0v) is 15.2. The van der Waals surface area contributed by atoms with E-state index in [1.807, 2.05) is 0 Å². The van der Waals surface area contributed by atoms with Gasteiger partial charge in [-0.3, -0.25) is 14.4 Å². The molecule has 0 aliphatic carbocycles. The number of esters is 1. The summed E-state index contributed by atoms with van der Waals surface area (Å²) in [5, 5.41) is 0. The van der Waals surface area contributed by atoms with E-state index in [0.29, 0.717) is 24.9 Å². The highest BCUT2D eigenvalue weighted by Crippen LogP contribution is 2.23. The molecule has 0 saturated carbocycles. The Bertz CT molecular complexity index is 815. The van der Waals surface area contributed by atoms with Crippen molar-refractivity contribution in [2.45, 2.75) is 25.7 Å². The lowest BCUT2D eigenvalue weighted by Gasteiger charge is -2.15. The summed E-state index contributed by atoms with van der Waals surface area (Å²) in [4.78, 5) is 37.3. The number of amides is 1. The number of ether oxygens (including phenoxy) is 1. The van der Waals surface area contributed by atoms with Crippen LogP contribution in [0.4, 0.5) is 5.69 Å². The average molecular weight is 379 g/mol. The number of nitrogens with zero attached hydrogens (tertiary/aromatic N) is 1. The van der Waals surface area contributed by atoms with Gasteiger partial charge in [0.25, 0.3) is 0 Å². The maximum atomic E-state index is 12.1. The molecular formula is C18H21NO6S. The zero-order valence-electron chi connectivity index (χ0n) is 14.3. The second kappa shape index (κ2) is 7.57. The molecule has 7 nitrogen and oxygen atoms in total. The van der Waals surface area contributed by atoms with Crippen LogP contribution in [0.1, 0.15) is 36.0 Å². The summed E-state index contributed by atoms with van der Waals surface area (Å²) in [5.74, 6) is -0.925. The summed E-state index contributed by atoms with van der Waals surface area (Å²) < 4.78 is 27.8. The number of carbonyl (C=O) groups is 3. The Morgan fingerprint density at radius 2 is 1.92 bits per heavy atom. The first-order valence-corrected chi connectivity index (χ1v) is 10.5. The topological polar surface area (TPSA) is 97.8 Å². The molecule has 0 bridgehead atoms. The van der Waals surface area contributed by atoms with Crippen molar-refractivity contribution in [1.82, 2.24) is 0 Å². The molecule has 0 spiro atoms. The van der Waals surface area contributed by atoms with Crippen molar-refractivity contribution in [2.75, 3.05) is 29.6 Å². The van der Waals surface area contributed by atoms with Gasteiger partial charge in [0.2, 0.25) is 5.91 Å². The minimum atomic E-state index is -3.03. The van der Waals surface area contributed by atoms with Crippen LogP contribution in [0, 0.1) is 5.92 Å². The van der Waals surface area contributed by atoms with E-state index in [2.05, 4.69) is 0 Å². The second-order valence-corrected chi connectivity index (χ2v) is 8.98. The van der Waals surface area contributed by atoms with Gasteiger partial charge >= 0.3 is 5.97 Å². The van der Waals surface area contributed by atoms with Crippen molar-refractivity contribution >= 4 is 33.2 Å². The molecule has 2 fully saturated rings. The molecule has 8 heteroatoms. The zero-order chi connectivity index (χ0) is 18.7. The molecule has 0 N–H and O–H groups in total. The van der Waals surface area contributed by atoms with Crippen molar-refractivity contribution in [2.24, 2.45) is 5.92 Å². The van der Waals surface area contributed by atoms with Crippen LogP contribution in [0.15, 0.2) is 24.3 Å². The summed E-state index contributed by atoms with van der Waals surface area (Å²) in [6.45, 7) is 0.306. The first kappa shape index (κ1) is 18.6. The molecule has 2 heterocycles. The molecule has 1 aromatic rings. The highest BCUT2D eigenvalue weighted by atomic mass is 32.2. The quantitative estimate of drug-likeness (QED) is 0.547. The van der Waals surface area contributed by atoms with Crippen molar-refractivity contribution in [3.8, 4) is 0 Å². The van der Waals surface area contributed by atoms with Gasteiger partial charge in [0.15, 0.2) is 22.2 Å². The molecule has 1 atom stereocenters. The number of Topliss-reactive ketones (excluding diaryl/α,β-unsaturated/α-hetero) is 1. The van der Waals surface area contributed by atoms with Crippen molar-refractivity contribution < 1.29 is 27.5 Å². The standard InChI is InChI=1S/C18H21NO6S/c20-16(11-25-18(22)10-13-7-9-26(23,24)12-13)14-3-5-15(6-4-14)19-8-1-2-17(19)21/h3-6,13H,1-2,7-12H2/t13-/m0/s1. The van der Waals surface area contributed by atoms with Gasteiger partial charge in [-0.2, -0.15) is 0 Å². The Kier molecular flexibility index (Phi) is 5.41. The maximum Gasteiger partial charge on any atom is 0.306 e. The van der Waals surface area contributed by atoms with Crippen LogP contribution in [0.2, 0.25) is 0 Å². The van der Waals surface area contributed by atoms with E-state index in [1.54, 1.807) is 29.2 Å². The van der Waals surface area contributed by atoms with E-state index in [4.69, 9.17) is 4.74 Å². The lowest BCUT2D eigenvalue weighted by molar-refractivity contribution is -0.143. The van der Waals surface area contributed by atoms with E-state index < -0.39 is 15.8 Å². The fraction of sp³-hybridized carbons (Fsp3) is 0.500. The van der Waals surface area contributed by atoms with Gasteiger partial charge < -0.3 is 9.64 Å². The van der Waals surface area contributed by atoms with Crippen molar-refractivity contribution in [3.05, 3.63) is 29.8 Å². The van der Waals surface area contributed by atoms with Gasteiger partial charge in [-0.05, 0) is 43.0 Å². The molecule has 0 aromatic heterocycles. The summed E-state index contributed by atoms with van der Waals surface area (Å²) in [6, 6.07) is 6.64. The maximum absolute atomic E-state index is 12.1. The van der Waals surface area contributed by atoms with Gasteiger partial charge in [0.05, 0.1) is 11.5 Å². The monoisotopic (exact) mass is 379 g/mol. The number of hydrogen-bond donors (Lipinski definition) is 0. The predicted molar refractivity (Wildman–Crippen MR) is 94.7 cm³/mol. The number of rotatable bonds is 6. The Morgan fingerprint density at radius 1 is 1.19 bits per heavy atom. The average Bonchev–Trinajstić information content (AvgIpc) is 3.18. The fourth-order valence-corrected chi connectivity index (χ4v) is 5.17. The number of carbonyl (C=O) groups excluding carboxylic acids is 3. The third-order valence-electron chi connectivity index (χ3n) is 4.72. The van der Waals surface area contributed by atoms with E-state index in [-0.39, 0.29) is 42.1 Å². The first-order chi connectivity index (χ1) is 12.3. The Balaban J connectivity index is 1.48. The molecule has 0 unspecified atom stereocenters. The largest absolute Gasteiger partial charge is 0.457 e. The van der Waals surface area contributed by atoms with Gasteiger partial charge in [-0.1, -0.05) is 0 Å². The molecule has 2 aliphatic heterocycles. The highest BCUT2D eigenvalue weighted by Gasteiger charge is 2.30. The van der Waals surface area contributed by atoms with Gasteiger partial charge in [-0.25, -0.2) is 8.42 Å². The first-order valence-electron chi connectivity index (χ1n) is 8.64. The molecule has 2 aliphatic rings. The SMILES string of the molecule is O=C(C[C@@H]1CCS(=O)(=O)C1)OCC(=O)c1ccc(N2CCCC2=O)cc1. The third-order valence-corrected chi connectivity index (χ3v) is 6.56. The molecule has 26 heavy (non-hydrogen) atoms.